The van der Waals surface area contributed by atoms with E-state index < -0.39 is 23.4 Å². The number of benzene rings is 2. The zero-order valence-electron chi connectivity index (χ0n) is 25.9. The van der Waals surface area contributed by atoms with Gasteiger partial charge in [0.05, 0.1) is 6.54 Å². The van der Waals surface area contributed by atoms with Crippen molar-refractivity contribution < 1.29 is 23.9 Å². The lowest BCUT2D eigenvalue weighted by molar-refractivity contribution is -0.139. The number of ether oxygens (including phenoxy) is 1. The van der Waals surface area contributed by atoms with Crippen molar-refractivity contribution >= 4 is 35.4 Å². The molecule has 2 atom stereocenters. The van der Waals surface area contributed by atoms with Crippen molar-refractivity contribution in [3.05, 3.63) is 71.9 Å². The molecule has 1 fully saturated rings. The highest BCUT2D eigenvalue weighted by atomic mass is 16.5. The smallest absolute Gasteiger partial charge is 0.245 e. The molecule has 4 rings (SSSR count). The van der Waals surface area contributed by atoms with Gasteiger partial charge in [-0.15, -0.1) is 0 Å². The molecule has 2 heterocycles. The second kappa shape index (κ2) is 17.8. The van der Waals surface area contributed by atoms with Gasteiger partial charge < -0.3 is 35.8 Å². The number of nitrogens with two attached hydrogens (primary N) is 1. The maximum absolute atomic E-state index is 13.9. The Morgan fingerprint density at radius 3 is 2.42 bits per heavy atom. The normalized spacial score (nSPS) is 15.3. The van der Waals surface area contributed by atoms with Crippen LogP contribution in [0.4, 0.5) is 0 Å². The number of aromatic amines is 1. The molecule has 234 valence electrons. The van der Waals surface area contributed by atoms with E-state index >= 15 is 0 Å². The Hall–Kier alpha value is -4.02. The van der Waals surface area contributed by atoms with Crippen LogP contribution in [-0.4, -0.2) is 79.3 Å². The molecule has 0 spiro atoms. The molecule has 1 unspecified atom stereocenters. The third kappa shape index (κ3) is 10.6. The van der Waals surface area contributed by atoms with Gasteiger partial charge in [-0.25, -0.2) is 0 Å². The van der Waals surface area contributed by atoms with E-state index in [9.17, 15) is 14.4 Å². The molecule has 5 N–H and O–H groups in total. The summed E-state index contributed by atoms with van der Waals surface area (Å²) in [5, 5.41) is 6.62. The first-order chi connectivity index (χ1) is 20.7. The number of methoxy groups -OCH3 is 1. The minimum Gasteiger partial charge on any atom is -0.385 e. The standard InChI is InChI=1S/C29H37N5O3.C3H8O.CH2O/c1-29(2,33-26(35)17-30)28(37)32-25(16-22-18-31-24-13-7-6-12-23(22)24)27(36)34-14-8-11-21(19-34)15-20-9-4-3-5-10-20;1-3-4-2;1-2/h3-7,9-10,12-13,18,21,25,31H,8,11,14-17,19,30H2,1-2H3,(H,32,37)(H,33,35);3H2,1-2H3;1H2/t21-,25?;;/m1../s1. The topological polar surface area (TPSA) is 147 Å². The van der Waals surface area contributed by atoms with E-state index in [1.807, 2.05) is 67.3 Å². The summed E-state index contributed by atoms with van der Waals surface area (Å²) in [5.74, 6) is -0.591. The predicted molar refractivity (Wildman–Crippen MR) is 169 cm³/mol. The highest BCUT2D eigenvalue weighted by molar-refractivity contribution is 5.95. The third-order valence-corrected chi connectivity index (χ3v) is 7.39. The van der Waals surface area contributed by atoms with Crippen LogP contribution in [0.2, 0.25) is 0 Å². The van der Waals surface area contributed by atoms with Crippen molar-refractivity contribution in [2.24, 2.45) is 11.7 Å². The number of nitrogens with zero attached hydrogens (tertiary/aromatic N) is 1. The number of amides is 3. The fourth-order valence-corrected chi connectivity index (χ4v) is 5.12. The number of carbonyl (C=O) groups excluding carboxylic acids is 4. The number of hydrogen-bond acceptors (Lipinski definition) is 6. The third-order valence-electron chi connectivity index (χ3n) is 7.39. The Bertz CT molecular complexity index is 1290. The molecular formula is C33H47N5O5. The number of piperidine rings is 1. The number of aromatic nitrogens is 1. The Labute approximate surface area is 254 Å². The molecular weight excluding hydrogens is 546 g/mol. The highest BCUT2D eigenvalue weighted by Gasteiger charge is 2.35. The SMILES string of the molecule is C=O.CC(C)(NC(=O)CN)C(=O)NC(Cc1c[nH]c2ccccc12)C(=O)N1CCC[C@H](Cc2ccccc2)C1.CCOC. The van der Waals surface area contributed by atoms with Gasteiger partial charge in [0.1, 0.15) is 18.4 Å². The Morgan fingerprint density at radius 1 is 1.12 bits per heavy atom. The van der Waals surface area contributed by atoms with Gasteiger partial charge in [-0.05, 0) is 63.1 Å². The van der Waals surface area contributed by atoms with Crippen LogP contribution in [0.25, 0.3) is 10.9 Å². The van der Waals surface area contributed by atoms with Gasteiger partial charge in [-0.3, -0.25) is 14.4 Å². The molecule has 1 aliphatic rings. The van der Waals surface area contributed by atoms with Crippen LogP contribution in [0.3, 0.4) is 0 Å². The van der Waals surface area contributed by atoms with E-state index in [0.717, 1.165) is 42.3 Å². The summed E-state index contributed by atoms with van der Waals surface area (Å²) in [7, 11) is 1.68. The van der Waals surface area contributed by atoms with Crippen LogP contribution in [-0.2, 0) is 36.8 Å². The monoisotopic (exact) mass is 593 g/mol. The van der Waals surface area contributed by atoms with Crippen LogP contribution < -0.4 is 16.4 Å². The van der Waals surface area contributed by atoms with Gasteiger partial charge >= 0.3 is 0 Å². The molecule has 43 heavy (non-hydrogen) atoms. The lowest BCUT2D eigenvalue weighted by Gasteiger charge is -2.36. The highest BCUT2D eigenvalue weighted by Crippen LogP contribution is 2.24. The summed E-state index contributed by atoms with van der Waals surface area (Å²) in [6, 6.07) is 17.5. The number of hydrogen-bond donors (Lipinski definition) is 4. The molecule has 1 saturated heterocycles. The summed E-state index contributed by atoms with van der Waals surface area (Å²) >= 11 is 0. The van der Waals surface area contributed by atoms with Crippen LogP contribution in [0.1, 0.15) is 44.7 Å². The predicted octanol–water partition coefficient (Wildman–Crippen LogP) is 3.00. The first-order valence-electron chi connectivity index (χ1n) is 14.7. The Morgan fingerprint density at radius 2 is 1.77 bits per heavy atom. The lowest BCUT2D eigenvalue weighted by Crippen LogP contribution is -2.60. The van der Waals surface area contributed by atoms with E-state index in [1.54, 1.807) is 21.0 Å². The number of rotatable bonds is 10. The van der Waals surface area contributed by atoms with Crippen molar-refractivity contribution in [1.82, 2.24) is 20.5 Å². The lowest BCUT2D eigenvalue weighted by atomic mass is 9.90. The molecule has 0 saturated carbocycles. The fraction of sp³-hybridized carbons (Fsp3) is 0.455. The van der Waals surface area contributed by atoms with Crippen molar-refractivity contribution in [2.75, 3.05) is 33.4 Å². The maximum Gasteiger partial charge on any atom is 0.245 e. The maximum atomic E-state index is 13.9. The van der Waals surface area contributed by atoms with E-state index in [2.05, 4.69) is 32.5 Å². The van der Waals surface area contributed by atoms with Crippen LogP contribution in [0.5, 0.6) is 0 Å². The molecule has 0 aliphatic carbocycles. The molecule has 0 radical (unpaired) electrons. The Kier molecular flexibility index (Phi) is 14.6. The van der Waals surface area contributed by atoms with E-state index in [4.69, 9.17) is 10.5 Å². The molecule has 1 aromatic heterocycles. The zero-order chi connectivity index (χ0) is 31.8. The summed E-state index contributed by atoms with van der Waals surface area (Å²) in [6.07, 6.45) is 5.15. The number of carbonyl (C=O) groups is 4. The molecule has 10 heteroatoms. The van der Waals surface area contributed by atoms with Crippen LogP contribution in [0, 0.1) is 5.92 Å². The second-order valence-electron chi connectivity index (χ2n) is 11.0. The Balaban J connectivity index is 0.000000993. The summed E-state index contributed by atoms with van der Waals surface area (Å²) in [4.78, 5) is 52.2. The van der Waals surface area contributed by atoms with Crippen molar-refractivity contribution in [3.8, 4) is 0 Å². The molecule has 3 aromatic rings. The minimum atomic E-state index is -1.22. The van der Waals surface area contributed by atoms with Gasteiger partial charge in [0, 0.05) is 50.3 Å². The second-order valence-corrected chi connectivity index (χ2v) is 11.0. The molecule has 10 nitrogen and oxygen atoms in total. The summed E-state index contributed by atoms with van der Waals surface area (Å²) in [6.45, 7) is 9.10. The van der Waals surface area contributed by atoms with E-state index in [1.165, 1.54) is 5.56 Å². The van der Waals surface area contributed by atoms with Crippen molar-refractivity contribution in [1.29, 1.82) is 0 Å². The van der Waals surface area contributed by atoms with Gasteiger partial charge in [0.25, 0.3) is 0 Å². The first-order valence-corrected chi connectivity index (χ1v) is 14.7. The number of H-pyrrole nitrogens is 1. The van der Waals surface area contributed by atoms with Gasteiger partial charge in [-0.2, -0.15) is 0 Å². The quantitative estimate of drug-likeness (QED) is 0.284. The van der Waals surface area contributed by atoms with E-state index in [-0.39, 0.29) is 12.5 Å². The number of fused-ring (bicyclic) bond motifs is 1. The average molecular weight is 594 g/mol. The number of likely N-dealkylation sites (tertiary alicyclic amines) is 1. The molecule has 3 amide bonds. The van der Waals surface area contributed by atoms with E-state index in [0.29, 0.717) is 25.4 Å². The molecule has 0 bridgehead atoms. The van der Waals surface area contributed by atoms with Crippen LogP contribution >= 0.6 is 0 Å². The van der Waals surface area contributed by atoms with Gasteiger partial charge in [0.15, 0.2) is 0 Å². The van der Waals surface area contributed by atoms with Gasteiger partial charge in [-0.1, -0.05) is 48.5 Å². The number of nitrogens with one attached hydrogen (secondary N) is 3. The fourth-order valence-electron chi connectivity index (χ4n) is 5.12. The van der Waals surface area contributed by atoms with Crippen molar-refractivity contribution in [2.45, 2.75) is 58.0 Å². The number of para-hydroxylation sites is 1. The minimum absolute atomic E-state index is 0.0997. The zero-order valence-corrected chi connectivity index (χ0v) is 25.9. The largest absolute Gasteiger partial charge is 0.385 e. The van der Waals surface area contributed by atoms with Gasteiger partial charge in [0.2, 0.25) is 17.7 Å². The molecule has 2 aromatic carbocycles. The summed E-state index contributed by atoms with van der Waals surface area (Å²) < 4.78 is 4.54. The molecule has 1 aliphatic heterocycles. The summed E-state index contributed by atoms with van der Waals surface area (Å²) in [5.41, 5.74) is 7.41. The first kappa shape index (κ1) is 35.2. The van der Waals surface area contributed by atoms with Crippen molar-refractivity contribution in [3.63, 3.8) is 0 Å². The van der Waals surface area contributed by atoms with Crippen LogP contribution in [0.15, 0.2) is 60.8 Å². The average Bonchev–Trinajstić information content (AvgIpc) is 3.44.